The lowest BCUT2D eigenvalue weighted by molar-refractivity contribution is 0.794. The topological polar surface area (TPSA) is 6.48 Å². The summed E-state index contributed by atoms with van der Waals surface area (Å²) in [6.07, 6.45) is 0. The van der Waals surface area contributed by atoms with Crippen molar-refractivity contribution < 1.29 is 0 Å². The molecule has 2 nitrogen and oxygen atoms in total. The van der Waals surface area contributed by atoms with Crippen molar-refractivity contribution in [3.8, 4) is 44.5 Å². The summed E-state index contributed by atoms with van der Waals surface area (Å²) in [5.41, 5.74) is 34.5. The largest absolute Gasteiger partial charge is 0.311 e. The Labute approximate surface area is 436 Å². The molecule has 11 aromatic rings. The molecule has 0 atom stereocenters. The van der Waals surface area contributed by atoms with Gasteiger partial charge in [-0.1, -0.05) is 187 Å². The van der Waals surface area contributed by atoms with Crippen molar-refractivity contribution in [2.24, 2.45) is 0 Å². The first kappa shape index (κ1) is 41.1. The number of anilines is 6. The average Bonchev–Trinajstić information content (AvgIpc) is 4.38. The monoisotopic (exact) mass is 958 g/mol. The van der Waals surface area contributed by atoms with E-state index in [1.54, 1.807) is 0 Å². The SMILES string of the molecule is Cc1ccc(N2c3cc4c(cc3B3c5sc6c(c5N(c5ccc(C)cc5)c5cc(C)cc2c53)-c2ccc(C)cc2C62c3ccccc3-c3ccccc32)-c2ccccc2C42c3ccccc3-c3ccccc32)cc1. The third kappa shape index (κ3) is 4.80. The molecule has 4 aliphatic carbocycles. The molecule has 10 aromatic carbocycles. The highest BCUT2D eigenvalue weighted by atomic mass is 32.1. The molecule has 2 aliphatic heterocycles. The molecule has 3 heterocycles. The molecular formula is C70H47BN2S. The van der Waals surface area contributed by atoms with Gasteiger partial charge in [0.1, 0.15) is 0 Å². The number of benzene rings is 10. The van der Waals surface area contributed by atoms with Crippen LogP contribution in [0, 0.1) is 27.7 Å². The Kier molecular flexibility index (Phi) is 7.88. The molecule has 6 aliphatic rings. The zero-order valence-corrected chi connectivity index (χ0v) is 42.4. The summed E-state index contributed by atoms with van der Waals surface area (Å²) in [4.78, 5) is 6.73. The van der Waals surface area contributed by atoms with E-state index in [9.17, 15) is 0 Å². The second-order valence-corrected chi connectivity index (χ2v) is 22.8. The van der Waals surface area contributed by atoms with Gasteiger partial charge in [0, 0.05) is 43.7 Å². The van der Waals surface area contributed by atoms with E-state index in [2.05, 4.69) is 261 Å². The normalized spacial score (nSPS) is 15.2. The first-order valence-electron chi connectivity index (χ1n) is 26.2. The van der Waals surface area contributed by atoms with Gasteiger partial charge in [-0.25, -0.2) is 0 Å². The summed E-state index contributed by atoms with van der Waals surface area (Å²) in [6, 6.07) is 82.4. The molecule has 2 spiro atoms. The Morgan fingerprint density at radius 3 is 1.34 bits per heavy atom. The number of fused-ring (bicyclic) bond motifs is 25. The van der Waals surface area contributed by atoms with Crippen LogP contribution in [0.3, 0.4) is 0 Å². The Hall–Kier alpha value is -8.44. The van der Waals surface area contributed by atoms with Crippen LogP contribution in [0.5, 0.6) is 0 Å². The van der Waals surface area contributed by atoms with Gasteiger partial charge in [0.25, 0.3) is 6.71 Å². The van der Waals surface area contributed by atoms with Gasteiger partial charge in [-0.15, -0.1) is 11.3 Å². The fourth-order valence-electron chi connectivity index (χ4n) is 15.1. The minimum atomic E-state index is -0.479. The Bertz CT molecular complexity index is 4240. The summed E-state index contributed by atoms with van der Waals surface area (Å²) in [5.74, 6) is 0. The zero-order chi connectivity index (χ0) is 48.9. The standard InChI is InChI=1S/C70H47BN2S/c1-40-25-30-44(31-26-40)72-61-39-59-52(50-19-9-12-22-55(50)69(59)53-20-10-5-15-46(53)47-16-6-11-21-54(47)69)38-60(61)71-65-62(72)36-43(4)37-63(65)73(45-32-27-41(2)28-33-45)66-64-51-34-29-42(3)35-58(51)70(67(64)74-68(66)71)56-23-13-7-17-48(56)49-18-8-14-24-57(49)70/h5-39H,1-4H3. The van der Waals surface area contributed by atoms with Gasteiger partial charge in [-0.05, 0) is 165 Å². The van der Waals surface area contributed by atoms with E-state index in [4.69, 9.17) is 0 Å². The van der Waals surface area contributed by atoms with Gasteiger partial charge < -0.3 is 9.80 Å². The van der Waals surface area contributed by atoms with Crippen molar-refractivity contribution in [2.45, 2.75) is 38.5 Å². The first-order chi connectivity index (χ1) is 36.3. The highest BCUT2D eigenvalue weighted by Gasteiger charge is 2.58. The molecule has 74 heavy (non-hydrogen) atoms. The maximum Gasteiger partial charge on any atom is 0.264 e. The minimum absolute atomic E-state index is 0.0559. The van der Waals surface area contributed by atoms with Crippen LogP contribution in [-0.4, -0.2) is 6.71 Å². The number of rotatable bonds is 2. The molecule has 4 heteroatoms. The van der Waals surface area contributed by atoms with Gasteiger partial charge in [-0.2, -0.15) is 0 Å². The molecule has 0 unspecified atom stereocenters. The summed E-state index contributed by atoms with van der Waals surface area (Å²) in [5, 5.41) is 0. The molecule has 0 radical (unpaired) electrons. The van der Waals surface area contributed by atoms with Gasteiger partial charge in [0.15, 0.2) is 0 Å². The third-order valence-corrected chi connectivity index (χ3v) is 19.2. The molecule has 346 valence electrons. The summed E-state index contributed by atoms with van der Waals surface area (Å²) >= 11 is 2.08. The van der Waals surface area contributed by atoms with E-state index < -0.39 is 10.8 Å². The molecule has 0 amide bonds. The zero-order valence-electron chi connectivity index (χ0n) is 41.6. The van der Waals surface area contributed by atoms with Crippen molar-refractivity contribution in [3.05, 3.63) is 278 Å². The van der Waals surface area contributed by atoms with Gasteiger partial charge in [0.2, 0.25) is 0 Å². The summed E-state index contributed by atoms with van der Waals surface area (Å²) in [7, 11) is 0. The van der Waals surface area contributed by atoms with Crippen LogP contribution in [0.4, 0.5) is 34.1 Å². The lowest BCUT2D eigenvalue weighted by Gasteiger charge is -2.44. The lowest BCUT2D eigenvalue weighted by atomic mass is 9.36. The predicted molar refractivity (Wildman–Crippen MR) is 310 cm³/mol. The van der Waals surface area contributed by atoms with E-state index in [0.29, 0.717) is 0 Å². The van der Waals surface area contributed by atoms with Crippen LogP contribution in [0.2, 0.25) is 0 Å². The minimum Gasteiger partial charge on any atom is -0.311 e. The molecule has 0 fully saturated rings. The third-order valence-electron chi connectivity index (χ3n) is 17.9. The van der Waals surface area contributed by atoms with Crippen molar-refractivity contribution in [1.29, 1.82) is 0 Å². The molecule has 0 saturated carbocycles. The molecule has 1 aromatic heterocycles. The van der Waals surface area contributed by atoms with E-state index in [-0.39, 0.29) is 6.71 Å². The maximum atomic E-state index is 2.67. The highest BCUT2D eigenvalue weighted by molar-refractivity contribution is 7.30. The summed E-state index contributed by atoms with van der Waals surface area (Å²) in [6.45, 7) is 8.92. The van der Waals surface area contributed by atoms with Gasteiger partial charge in [-0.3, -0.25) is 0 Å². The molecule has 0 saturated heterocycles. The molecule has 0 N–H and O–H groups in total. The van der Waals surface area contributed by atoms with E-state index in [1.807, 2.05) is 0 Å². The first-order valence-corrected chi connectivity index (χ1v) is 27.0. The average molecular weight is 959 g/mol. The van der Waals surface area contributed by atoms with Crippen LogP contribution in [0.1, 0.15) is 66.1 Å². The summed E-state index contributed by atoms with van der Waals surface area (Å²) < 4.78 is 1.41. The lowest BCUT2D eigenvalue weighted by Crippen LogP contribution is -2.60. The number of hydrogen-bond acceptors (Lipinski definition) is 3. The molecule has 17 rings (SSSR count). The Morgan fingerprint density at radius 1 is 0.351 bits per heavy atom. The van der Waals surface area contributed by atoms with E-state index in [1.165, 1.54) is 160 Å². The van der Waals surface area contributed by atoms with Crippen molar-refractivity contribution in [2.75, 3.05) is 9.80 Å². The fraction of sp³-hybridized carbons (Fsp3) is 0.0857. The van der Waals surface area contributed by atoms with Crippen LogP contribution >= 0.6 is 11.3 Å². The maximum absolute atomic E-state index is 2.67. The van der Waals surface area contributed by atoms with Crippen molar-refractivity contribution >= 4 is 67.9 Å². The number of aryl methyl sites for hydroxylation is 4. The van der Waals surface area contributed by atoms with Crippen LogP contribution in [0.25, 0.3) is 44.5 Å². The molecule has 0 bridgehead atoms. The number of thiophene rings is 1. The number of hydrogen-bond donors (Lipinski definition) is 0. The van der Waals surface area contributed by atoms with Crippen LogP contribution in [0.15, 0.2) is 212 Å². The van der Waals surface area contributed by atoms with Crippen LogP contribution < -0.4 is 25.5 Å². The van der Waals surface area contributed by atoms with E-state index in [0.717, 1.165) is 0 Å². The Balaban J connectivity index is 1.03. The quantitative estimate of drug-likeness (QED) is 0.159. The second kappa shape index (κ2) is 14.2. The van der Waals surface area contributed by atoms with Gasteiger partial charge in [0.05, 0.1) is 16.5 Å². The van der Waals surface area contributed by atoms with Crippen molar-refractivity contribution in [1.82, 2.24) is 0 Å². The smallest absolute Gasteiger partial charge is 0.264 e. The van der Waals surface area contributed by atoms with Crippen molar-refractivity contribution in [3.63, 3.8) is 0 Å². The highest BCUT2D eigenvalue weighted by Crippen LogP contribution is 2.68. The fourth-order valence-corrected chi connectivity index (χ4v) is 16.7. The predicted octanol–water partition coefficient (Wildman–Crippen LogP) is 15.8. The Morgan fingerprint density at radius 2 is 0.797 bits per heavy atom. The van der Waals surface area contributed by atoms with Gasteiger partial charge >= 0.3 is 0 Å². The van der Waals surface area contributed by atoms with Crippen LogP contribution in [-0.2, 0) is 10.8 Å². The second-order valence-electron chi connectivity index (χ2n) is 21.7. The van der Waals surface area contributed by atoms with E-state index >= 15 is 0 Å². The molecular weight excluding hydrogens is 912 g/mol. The number of nitrogens with zero attached hydrogens (tertiary/aromatic N) is 2.